The molecule has 30 valence electrons. The van der Waals surface area contributed by atoms with Crippen LogP contribution in [0.4, 0.5) is 0 Å². The van der Waals surface area contributed by atoms with Gasteiger partial charge >= 0.3 is 0 Å². The second kappa shape index (κ2) is 3.74. The van der Waals surface area contributed by atoms with Gasteiger partial charge in [0.15, 0.2) is 0 Å². The van der Waals surface area contributed by atoms with Crippen molar-refractivity contribution in [3.05, 3.63) is 12.7 Å². The molecule has 0 saturated carbocycles. The van der Waals surface area contributed by atoms with Crippen LogP contribution in [0.2, 0.25) is 0 Å². The van der Waals surface area contributed by atoms with Crippen molar-refractivity contribution in [1.82, 2.24) is 0 Å². The topological polar surface area (TPSA) is 0 Å². The molecule has 0 aliphatic heterocycles. The van der Waals surface area contributed by atoms with Gasteiger partial charge in [-0.2, -0.15) is 0 Å². The summed E-state index contributed by atoms with van der Waals surface area (Å²) < 4.78 is 6.66. The lowest BCUT2D eigenvalue weighted by Gasteiger charge is -1.72. The van der Waals surface area contributed by atoms with Crippen molar-refractivity contribution in [2.75, 3.05) is 0 Å². The van der Waals surface area contributed by atoms with Crippen LogP contribution in [0.5, 0.6) is 0 Å². The molecule has 0 aliphatic rings. The van der Waals surface area contributed by atoms with Gasteiger partial charge in [-0.3, -0.25) is 0 Å². The Morgan fingerprint density at radius 1 is 2.20 bits per heavy atom. The van der Waals surface area contributed by atoms with Gasteiger partial charge in [-0.1, -0.05) is 19.4 Å². The summed E-state index contributed by atoms with van der Waals surface area (Å²) in [5.74, 6) is 0. The molecule has 0 bridgehead atoms. The van der Waals surface area contributed by atoms with Gasteiger partial charge in [0.1, 0.15) is 0 Å². The summed E-state index contributed by atoms with van der Waals surface area (Å²) >= 11 is 0. The van der Waals surface area contributed by atoms with Crippen LogP contribution in [0.1, 0.15) is 21.1 Å². The molecule has 0 amide bonds. The van der Waals surface area contributed by atoms with E-state index in [4.69, 9.17) is 1.37 Å². The summed E-state index contributed by atoms with van der Waals surface area (Å²) in [5, 5.41) is 0. The summed E-state index contributed by atoms with van der Waals surface area (Å²) in [6.07, 6.45) is 3.79. The number of rotatable bonds is 2. The molecule has 0 atom stereocenters. The van der Waals surface area contributed by atoms with Crippen molar-refractivity contribution in [3.63, 3.8) is 0 Å². The van der Waals surface area contributed by atoms with Crippen LogP contribution in [0.15, 0.2) is 12.7 Å². The Balaban J connectivity index is 2.49. The van der Waals surface area contributed by atoms with Gasteiger partial charge in [-0.05, 0) is 6.42 Å². The van der Waals surface area contributed by atoms with Crippen LogP contribution in [-0.2, 0) is 0 Å². The Bertz CT molecular complexity index is 32.9. The zero-order valence-corrected chi connectivity index (χ0v) is 3.41. The van der Waals surface area contributed by atoms with Gasteiger partial charge in [0.05, 0.1) is 0 Å². The van der Waals surface area contributed by atoms with Crippen LogP contribution in [0.25, 0.3) is 0 Å². The summed E-state index contributed by atoms with van der Waals surface area (Å²) in [4.78, 5) is 0. The number of hydrogen-bond acceptors (Lipinski definition) is 0. The SMILES string of the molecule is [2H]CCCC=C. The molecule has 0 aromatic carbocycles. The highest BCUT2D eigenvalue weighted by Crippen LogP contribution is 1.82. The Morgan fingerprint density at radius 2 is 3.00 bits per heavy atom. The highest BCUT2D eigenvalue weighted by Gasteiger charge is 1.61. The highest BCUT2D eigenvalue weighted by molar-refractivity contribution is 4.63. The normalized spacial score (nSPS) is 10.0. The third-order valence-corrected chi connectivity index (χ3v) is 0.408. The largest absolute Gasteiger partial charge is 0.103 e. The van der Waals surface area contributed by atoms with Crippen LogP contribution in [-0.4, -0.2) is 0 Å². The molecule has 0 heterocycles. The smallest absolute Gasteiger partial charge is 0.0230 e. The lowest BCUT2D eigenvalue weighted by molar-refractivity contribution is 0.961. The second-order valence-electron chi connectivity index (χ2n) is 0.931. The fourth-order valence-electron chi connectivity index (χ4n) is 0.144. The van der Waals surface area contributed by atoms with Crippen molar-refractivity contribution in [2.45, 2.75) is 19.7 Å². The van der Waals surface area contributed by atoms with Gasteiger partial charge in [-0.15, -0.1) is 6.58 Å². The molecule has 0 saturated heterocycles. The molecule has 0 unspecified atom stereocenters. The van der Waals surface area contributed by atoms with Gasteiger partial charge in [0.25, 0.3) is 0 Å². The van der Waals surface area contributed by atoms with Gasteiger partial charge in [-0.25, -0.2) is 0 Å². The molecule has 0 fully saturated rings. The van der Waals surface area contributed by atoms with Gasteiger partial charge in [0, 0.05) is 1.37 Å². The number of hydrogen-bond donors (Lipinski definition) is 0. The van der Waals surface area contributed by atoms with E-state index in [-0.39, 0.29) is 0 Å². The Labute approximate surface area is 34.9 Å². The van der Waals surface area contributed by atoms with Crippen LogP contribution < -0.4 is 0 Å². The third kappa shape index (κ3) is 3.74. The van der Waals surface area contributed by atoms with Crippen molar-refractivity contribution >= 4 is 0 Å². The zero-order valence-electron chi connectivity index (χ0n) is 4.41. The van der Waals surface area contributed by atoms with Crippen molar-refractivity contribution in [2.24, 2.45) is 0 Å². The fourth-order valence-corrected chi connectivity index (χ4v) is 0.144. The third-order valence-electron chi connectivity index (χ3n) is 0.408. The van der Waals surface area contributed by atoms with E-state index in [1.807, 2.05) is 6.08 Å². The molecule has 0 N–H and O–H groups in total. The molecule has 0 radical (unpaired) electrons. The molecule has 0 aromatic rings. The van der Waals surface area contributed by atoms with Crippen molar-refractivity contribution < 1.29 is 1.37 Å². The second-order valence-corrected chi connectivity index (χ2v) is 0.931. The summed E-state index contributed by atoms with van der Waals surface area (Å²) in [5.41, 5.74) is 0. The molecule has 0 nitrogen and oxygen atoms in total. The first-order valence-electron chi connectivity index (χ1n) is 2.52. The molecular weight excluding hydrogens is 60.1 g/mol. The van der Waals surface area contributed by atoms with Crippen molar-refractivity contribution in [3.8, 4) is 0 Å². The minimum Gasteiger partial charge on any atom is -0.103 e. The molecule has 0 rings (SSSR count). The van der Waals surface area contributed by atoms with Gasteiger partial charge in [0.2, 0.25) is 0 Å². The average Bonchev–Trinajstić information content (AvgIpc) is 1.61. The summed E-state index contributed by atoms with van der Waals surface area (Å²) in [7, 11) is 0. The minimum absolute atomic E-state index is 0.534. The maximum absolute atomic E-state index is 6.66. The van der Waals surface area contributed by atoms with E-state index >= 15 is 0 Å². The molecule has 0 heteroatoms. The fraction of sp³-hybridized carbons (Fsp3) is 0.600. The zero-order chi connectivity index (χ0) is 4.83. The minimum atomic E-state index is 0.534. The van der Waals surface area contributed by atoms with Crippen LogP contribution >= 0.6 is 0 Å². The van der Waals surface area contributed by atoms with E-state index in [0.29, 0.717) is 6.90 Å². The van der Waals surface area contributed by atoms with Crippen LogP contribution in [0, 0.1) is 0 Å². The monoisotopic (exact) mass is 71.1 g/mol. The molecule has 0 spiro atoms. The Morgan fingerprint density at radius 3 is 3.20 bits per heavy atom. The van der Waals surface area contributed by atoms with E-state index in [1.165, 1.54) is 0 Å². The highest BCUT2D eigenvalue weighted by atomic mass is 13.7. The summed E-state index contributed by atoms with van der Waals surface area (Å²) in [6.45, 7) is 4.05. The van der Waals surface area contributed by atoms with Gasteiger partial charge < -0.3 is 0 Å². The maximum atomic E-state index is 6.66. The van der Waals surface area contributed by atoms with E-state index in [1.54, 1.807) is 0 Å². The molecule has 0 aliphatic carbocycles. The number of allylic oxidation sites excluding steroid dienone is 1. The summed E-state index contributed by atoms with van der Waals surface area (Å²) in [6, 6.07) is 0. The van der Waals surface area contributed by atoms with Crippen molar-refractivity contribution in [1.29, 1.82) is 0 Å². The predicted molar refractivity (Wildman–Crippen MR) is 25.1 cm³/mol. The standard InChI is InChI=1S/C5H10/c1-3-5-4-2/h3H,1,4-5H2,2H3/i2D. The Kier molecular flexibility index (Phi) is 2.21. The molecular formula is C5H10. The Hall–Kier alpha value is -0.260. The molecule has 5 heavy (non-hydrogen) atoms. The lowest BCUT2D eigenvalue weighted by Crippen LogP contribution is -1.52. The lowest BCUT2D eigenvalue weighted by atomic mass is 10.3. The van der Waals surface area contributed by atoms with E-state index in [0.717, 1.165) is 12.8 Å². The van der Waals surface area contributed by atoms with E-state index in [9.17, 15) is 0 Å². The quantitative estimate of drug-likeness (QED) is 0.345. The number of unbranched alkanes of at least 4 members (excludes halogenated alkanes) is 1. The van der Waals surface area contributed by atoms with E-state index < -0.39 is 0 Å². The first-order valence-corrected chi connectivity index (χ1v) is 1.82. The molecule has 0 aromatic heterocycles. The van der Waals surface area contributed by atoms with E-state index in [2.05, 4.69) is 6.58 Å². The maximum Gasteiger partial charge on any atom is 0.0230 e. The first kappa shape index (κ1) is 2.95. The first-order chi connectivity index (χ1) is 2.91. The predicted octanol–water partition coefficient (Wildman–Crippen LogP) is 1.97. The average molecular weight is 71.1 g/mol. The van der Waals surface area contributed by atoms with Crippen LogP contribution in [0.3, 0.4) is 0 Å².